The summed E-state index contributed by atoms with van der Waals surface area (Å²) in [5, 5.41) is 15.3. The maximum Gasteiger partial charge on any atom is 0.313 e. The van der Waals surface area contributed by atoms with Gasteiger partial charge < -0.3 is 20.2 Å². The fraction of sp³-hybridized carbons (Fsp3) is 0.333. The van der Waals surface area contributed by atoms with Crippen molar-refractivity contribution in [2.24, 2.45) is 0 Å². The van der Waals surface area contributed by atoms with Gasteiger partial charge in [-0.05, 0) is 51.0 Å². The molecule has 2 rings (SSSR count). The molecule has 0 saturated heterocycles. The van der Waals surface area contributed by atoms with E-state index in [0.717, 1.165) is 16.7 Å². The number of amides is 2. The Morgan fingerprint density at radius 3 is 2.33 bits per heavy atom. The molecule has 128 valence electrons. The molecule has 6 nitrogen and oxygen atoms in total. The van der Waals surface area contributed by atoms with Crippen LogP contribution in [-0.2, 0) is 15.2 Å². The zero-order valence-electron chi connectivity index (χ0n) is 14.3. The number of aliphatic hydroxyl groups is 1. The van der Waals surface area contributed by atoms with Crippen molar-refractivity contribution in [3.63, 3.8) is 0 Å². The minimum atomic E-state index is -1.39. The first-order chi connectivity index (χ1) is 11.2. The monoisotopic (exact) mass is 330 g/mol. The molecule has 1 aromatic heterocycles. The lowest BCUT2D eigenvalue weighted by atomic mass is 10.0. The van der Waals surface area contributed by atoms with Gasteiger partial charge in [0.1, 0.15) is 11.4 Å². The Morgan fingerprint density at radius 2 is 1.79 bits per heavy atom. The van der Waals surface area contributed by atoms with Crippen molar-refractivity contribution in [3.05, 3.63) is 53.0 Å². The molecule has 0 fully saturated rings. The number of hydrogen-bond acceptors (Lipinski definition) is 4. The minimum absolute atomic E-state index is 0.140. The molecule has 1 unspecified atom stereocenters. The van der Waals surface area contributed by atoms with Gasteiger partial charge in [-0.3, -0.25) is 9.59 Å². The Labute approximate surface area is 140 Å². The summed E-state index contributed by atoms with van der Waals surface area (Å²) >= 11 is 0. The van der Waals surface area contributed by atoms with Crippen LogP contribution in [0.1, 0.15) is 29.4 Å². The summed E-state index contributed by atoms with van der Waals surface area (Å²) in [5.41, 5.74) is 2.09. The van der Waals surface area contributed by atoms with Gasteiger partial charge in [0, 0.05) is 5.69 Å². The molecule has 1 aromatic carbocycles. The second-order valence-corrected chi connectivity index (χ2v) is 6.16. The molecule has 0 aliphatic heterocycles. The van der Waals surface area contributed by atoms with Crippen molar-refractivity contribution >= 4 is 17.5 Å². The molecule has 1 heterocycles. The van der Waals surface area contributed by atoms with Crippen LogP contribution in [0, 0.1) is 20.8 Å². The number of benzene rings is 1. The summed E-state index contributed by atoms with van der Waals surface area (Å²) in [6.45, 7) is 7.07. The Kier molecular flexibility index (Phi) is 5.09. The lowest BCUT2D eigenvalue weighted by Gasteiger charge is -2.21. The molecule has 0 bridgehead atoms. The summed E-state index contributed by atoms with van der Waals surface area (Å²) in [4.78, 5) is 24.1. The van der Waals surface area contributed by atoms with Gasteiger partial charge in [-0.1, -0.05) is 17.7 Å². The van der Waals surface area contributed by atoms with Gasteiger partial charge in [-0.2, -0.15) is 0 Å². The highest BCUT2D eigenvalue weighted by molar-refractivity contribution is 6.39. The predicted octanol–water partition coefficient (Wildman–Crippen LogP) is 2.17. The molecule has 1 atom stereocenters. The minimum Gasteiger partial charge on any atom is -0.466 e. The fourth-order valence-electron chi connectivity index (χ4n) is 2.55. The average molecular weight is 330 g/mol. The van der Waals surface area contributed by atoms with Crippen molar-refractivity contribution in [1.29, 1.82) is 0 Å². The van der Waals surface area contributed by atoms with Gasteiger partial charge in [0.05, 0.1) is 12.8 Å². The normalized spacial score (nSPS) is 13.2. The number of anilines is 1. The Bertz CT molecular complexity index is 725. The van der Waals surface area contributed by atoms with Crippen molar-refractivity contribution in [2.45, 2.75) is 33.3 Å². The van der Waals surface area contributed by atoms with Gasteiger partial charge in [0.2, 0.25) is 0 Å². The molecule has 0 saturated carbocycles. The van der Waals surface area contributed by atoms with E-state index in [-0.39, 0.29) is 6.54 Å². The van der Waals surface area contributed by atoms with Gasteiger partial charge in [-0.25, -0.2) is 0 Å². The van der Waals surface area contributed by atoms with Gasteiger partial charge in [-0.15, -0.1) is 0 Å². The topological polar surface area (TPSA) is 91.6 Å². The van der Waals surface area contributed by atoms with Crippen LogP contribution in [0.5, 0.6) is 0 Å². The van der Waals surface area contributed by atoms with E-state index in [0.29, 0.717) is 11.4 Å². The first kappa shape index (κ1) is 17.7. The Balaban J connectivity index is 2.00. The largest absolute Gasteiger partial charge is 0.466 e. The summed E-state index contributed by atoms with van der Waals surface area (Å²) in [6.07, 6.45) is 1.43. The van der Waals surface area contributed by atoms with Crippen molar-refractivity contribution in [1.82, 2.24) is 5.32 Å². The van der Waals surface area contributed by atoms with E-state index in [2.05, 4.69) is 10.6 Å². The molecule has 0 spiro atoms. The summed E-state index contributed by atoms with van der Waals surface area (Å²) in [5.74, 6) is -1.28. The first-order valence-electron chi connectivity index (χ1n) is 7.64. The molecule has 2 aromatic rings. The SMILES string of the molecule is Cc1cc(C)c(NC(=O)C(=O)NCC(C)(O)c2ccco2)c(C)c1. The van der Waals surface area contributed by atoms with E-state index in [1.807, 2.05) is 32.9 Å². The summed E-state index contributed by atoms with van der Waals surface area (Å²) < 4.78 is 5.13. The number of carbonyl (C=O) groups excluding carboxylic acids is 2. The first-order valence-corrected chi connectivity index (χ1v) is 7.64. The number of furan rings is 1. The van der Waals surface area contributed by atoms with Crippen molar-refractivity contribution in [3.8, 4) is 0 Å². The third-order valence-electron chi connectivity index (χ3n) is 3.77. The van der Waals surface area contributed by atoms with Crippen LogP contribution in [0.4, 0.5) is 5.69 Å². The average Bonchev–Trinajstić information content (AvgIpc) is 3.03. The number of hydrogen-bond donors (Lipinski definition) is 3. The quantitative estimate of drug-likeness (QED) is 0.749. The van der Waals surface area contributed by atoms with Crippen LogP contribution in [0.15, 0.2) is 34.9 Å². The molecule has 3 N–H and O–H groups in total. The van der Waals surface area contributed by atoms with E-state index >= 15 is 0 Å². The maximum absolute atomic E-state index is 12.1. The highest BCUT2D eigenvalue weighted by atomic mass is 16.4. The molecule has 0 aliphatic rings. The lowest BCUT2D eigenvalue weighted by Crippen LogP contribution is -2.43. The molecule has 2 amide bonds. The van der Waals surface area contributed by atoms with E-state index in [9.17, 15) is 14.7 Å². The second-order valence-electron chi connectivity index (χ2n) is 6.16. The van der Waals surface area contributed by atoms with E-state index in [1.165, 1.54) is 13.2 Å². The molecular formula is C18H22N2O4. The second kappa shape index (κ2) is 6.88. The molecule has 0 aliphatic carbocycles. The van der Waals surface area contributed by atoms with Crippen LogP contribution in [0.3, 0.4) is 0 Å². The maximum atomic E-state index is 12.1. The third kappa shape index (κ3) is 4.02. The molecule has 6 heteroatoms. The zero-order chi connectivity index (χ0) is 17.9. The van der Waals surface area contributed by atoms with Crippen molar-refractivity contribution in [2.75, 3.05) is 11.9 Å². The van der Waals surface area contributed by atoms with Gasteiger partial charge in [0.25, 0.3) is 0 Å². The molecule has 0 radical (unpaired) electrons. The number of aryl methyl sites for hydroxylation is 3. The zero-order valence-corrected chi connectivity index (χ0v) is 14.3. The number of rotatable bonds is 4. The van der Waals surface area contributed by atoms with Crippen LogP contribution >= 0.6 is 0 Å². The van der Waals surface area contributed by atoms with Crippen LogP contribution < -0.4 is 10.6 Å². The number of nitrogens with one attached hydrogen (secondary N) is 2. The standard InChI is InChI=1S/C18H22N2O4/c1-11-8-12(2)15(13(3)9-11)20-17(22)16(21)19-10-18(4,23)14-6-5-7-24-14/h5-9,23H,10H2,1-4H3,(H,19,21)(H,20,22). The highest BCUT2D eigenvalue weighted by Crippen LogP contribution is 2.22. The van der Waals surface area contributed by atoms with Crippen LogP contribution in [0.25, 0.3) is 0 Å². The highest BCUT2D eigenvalue weighted by Gasteiger charge is 2.28. The molecular weight excluding hydrogens is 308 g/mol. The Hall–Kier alpha value is -2.60. The third-order valence-corrected chi connectivity index (χ3v) is 3.77. The van der Waals surface area contributed by atoms with Gasteiger partial charge >= 0.3 is 11.8 Å². The van der Waals surface area contributed by atoms with Crippen molar-refractivity contribution < 1.29 is 19.1 Å². The fourth-order valence-corrected chi connectivity index (χ4v) is 2.55. The summed E-state index contributed by atoms with van der Waals surface area (Å²) in [6, 6.07) is 7.11. The lowest BCUT2D eigenvalue weighted by molar-refractivity contribution is -0.136. The van der Waals surface area contributed by atoms with E-state index in [1.54, 1.807) is 12.1 Å². The van der Waals surface area contributed by atoms with E-state index < -0.39 is 17.4 Å². The van der Waals surface area contributed by atoms with Crippen LogP contribution in [-0.4, -0.2) is 23.5 Å². The number of carbonyl (C=O) groups is 2. The van der Waals surface area contributed by atoms with Gasteiger partial charge in [0.15, 0.2) is 0 Å². The predicted molar refractivity (Wildman–Crippen MR) is 90.6 cm³/mol. The smallest absolute Gasteiger partial charge is 0.313 e. The Morgan fingerprint density at radius 1 is 1.17 bits per heavy atom. The van der Waals surface area contributed by atoms with Crippen LogP contribution in [0.2, 0.25) is 0 Å². The van der Waals surface area contributed by atoms with E-state index in [4.69, 9.17) is 4.42 Å². The summed E-state index contributed by atoms with van der Waals surface area (Å²) in [7, 11) is 0. The molecule has 24 heavy (non-hydrogen) atoms.